The minimum Gasteiger partial charge on any atom is -0.481 e. The summed E-state index contributed by atoms with van der Waals surface area (Å²) in [4.78, 5) is 24.2. The summed E-state index contributed by atoms with van der Waals surface area (Å²) in [5.41, 5.74) is 0.666. The van der Waals surface area contributed by atoms with E-state index in [-0.39, 0.29) is 12.5 Å². The van der Waals surface area contributed by atoms with Crippen molar-refractivity contribution in [3.8, 4) is 0 Å². The summed E-state index contributed by atoms with van der Waals surface area (Å²) >= 11 is 5.79. The molecule has 1 N–H and O–H groups in total. The Morgan fingerprint density at radius 3 is 2.33 bits per heavy atom. The first kappa shape index (κ1) is 14.5. The van der Waals surface area contributed by atoms with Crippen LogP contribution in [-0.2, 0) is 9.59 Å². The third kappa shape index (κ3) is 3.74. The van der Waals surface area contributed by atoms with Gasteiger partial charge in [0.25, 0.3) is 0 Å². The first-order valence-corrected chi connectivity index (χ1v) is 6.12. The van der Waals surface area contributed by atoms with Crippen molar-refractivity contribution >= 4 is 29.2 Å². The van der Waals surface area contributed by atoms with E-state index >= 15 is 0 Å². The van der Waals surface area contributed by atoms with Crippen molar-refractivity contribution in [3.05, 3.63) is 29.3 Å². The smallest absolute Gasteiger partial charge is 0.308 e. The normalized spacial score (nSPS) is 11.9. The number of hydrogen-bond acceptors (Lipinski definition) is 2. The van der Waals surface area contributed by atoms with Gasteiger partial charge in [-0.05, 0) is 24.3 Å². The average molecular weight is 270 g/mol. The molecule has 1 aromatic rings. The van der Waals surface area contributed by atoms with Crippen LogP contribution in [0.1, 0.15) is 20.3 Å². The molecule has 0 bridgehead atoms. The lowest BCUT2D eigenvalue weighted by molar-refractivity contribution is -0.140. The molecule has 0 saturated heterocycles. The van der Waals surface area contributed by atoms with Crippen molar-refractivity contribution in [2.75, 3.05) is 11.4 Å². The minimum absolute atomic E-state index is 0.106. The van der Waals surface area contributed by atoms with Crippen LogP contribution in [-0.4, -0.2) is 23.5 Å². The molecule has 1 atom stereocenters. The SMILES string of the molecule is CCC(=O)N(CC(C)C(=O)O)c1ccc(Cl)cc1. The molecule has 18 heavy (non-hydrogen) atoms. The van der Waals surface area contributed by atoms with Crippen LogP contribution in [0, 0.1) is 5.92 Å². The second kappa shape index (κ2) is 6.40. The Morgan fingerprint density at radius 1 is 1.33 bits per heavy atom. The fourth-order valence-electron chi connectivity index (χ4n) is 1.52. The van der Waals surface area contributed by atoms with Crippen molar-refractivity contribution in [1.29, 1.82) is 0 Å². The van der Waals surface area contributed by atoms with Crippen LogP contribution in [0.5, 0.6) is 0 Å². The highest BCUT2D eigenvalue weighted by atomic mass is 35.5. The molecule has 1 aromatic carbocycles. The van der Waals surface area contributed by atoms with Gasteiger partial charge in [0.2, 0.25) is 5.91 Å². The molecule has 1 amide bonds. The van der Waals surface area contributed by atoms with E-state index in [0.29, 0.717) is 17.1 Å². The first-order valence-electron chi connectivity index (χ1n) is 5.74. The molecule has 1 unspecified atom stereocenters. The molecule has 0 saturated carbocycles. The predicted octanol–water partition coefficient (Wildman–Crippen LogP) is 2.80. The summed E-state index contributed by atoms with van der Waals surface area (Å²) in [5, 5.41) is 9.50. The van der Waals surface area contributed by atoms with Crippen LogP contribution < -0.4 is 4.90 Å². The lowest BCUT2D eigenvalue weighted by atomic mass is 10.1. The van der Waals surface area contributed by atoms with E-state index in [0.717, 1.165) is 0 Å². The van der Waals surface area contributed by atoms with Gasteiger partial charge in [-0.25, -0.2) is 0 Å². The van der Waals surface area contributed by atoms with E-state index in [1.165, 1.54) is 4.90 Å². The maximum absolute atomic E-state index is 11.9. The van der Waals surface area contributed by atoms with Gasteiger partial charge in [0.05, 0.1) is 5.92 Å². The van der Waals surface area contributed by atoms with Crippen molar-refractivity contribution in [3.63, 3.8) is 0 Å². The fraction of sp³-hybridized carbons (Fsp3) is 0.385. The molecule has 4 nitrogen and oxygen atoms in total. The molecule has 0 spiro atoms. The minimum atomic E-state index is -0.919. The molecule has 0 aromatic heterocycles. The quantitative estimate of drug-likeness (QED) is 0.894. The molecule has 5 heteroatoms. The van der Waals surface area contributed by atoms with Crippen LogP contribution in [0.4, 0.5) is 5.69 Å². The Labute approximate surface area is 111 Å². The number of rotatable bonds is 5. The zero-order chi connectivity index (χ0) is 13.7. The molecular weight excluding hydrogens is 254 g/mol. The van der Waals surface area contributed by atoms with Gasteiger partial charge in [-0.15, -0.1) is 0 Å². The maximum atomic E-state index is 11.9. The van der Waals surface area contributed by atoms with Crippen LogP contribution in [0.2, 0.25) is 5.02 Å². The molecule has 0 heterocycles. The Kier molecular flexibility index (Phi) is 5.16. The van der Waals surface area contributed by atoms with Gasteiger partial charge >= 0.3 is 5.97 Å². The lowest BCUT2D eigenvalue weighted by Crippen LogP contribution is -2.36. The highest BCUT2D eigenvalue weighted by molar-refractivity contribution is 6.30. The Balaban J connectivity index is 2.94. The van der Waals surface area contributed by atoms with Gasteiger partial charge in [0.1, 0.15) is 0 Å². The predicted molar refractivity (Wildman–Crippen MR) is 70.9 cm³/mol. The zero-order valence-electron chi connectivity index (χ0n) is 10.4. The number of nitrogens with zero attached hydrogens (tertiary/aromatic N) is 1. The van der Waals surface area contributed by atoms with Gasteiger partial charge in [-0.3, -0.25) is 9.59 Å². The van der Waals surface area contributed by atoms with E-state index in [1.54, 1.807) is 38.1 Å². The number of amides is 1. The molecule has 0 fully saturated rings. The topological polar surface area (TPSA) is 57.6 Å². The standard InChI is InChI=1S/C13H16ClNO3/c1-3-12(16)15(8-9(2)13(17)18)11-6-4-10(14)5-7-11/h4-7,9H,3,8H2,1-2H3,(H,17,18). The van der Waals surface area contributed by atoms with Gasteiger partial charge in [0, 0.05) is 23.7 Å². The summed E-state index contributed by atoms with van der Waals surface area (Å²) in [6, 6.07) is 6.78. The number of carboxylic acids is 1. The van der Waals surface area contributed by atoms with Gasteiger partial charge in [-0.1, -0.05) is 25.4 Å². The Morgan fingerprint density at radius 2 is 1.89 bits per heavy atom. The number of aliphatic carboxylic acids is 1. The van der Waals surface area contributed by atoms with Gasteiger partial charge < -0.3 is 10.0 Å². The molecule has 0 radical (unpaired) electrons. The Bertz CT molecular complexity index is 430. The van der Waals surface area contributed by atoms with Crippen molar-refractivity contribution < 1.29 is 14.7 Å². The van der Waals surface area contributed by atoms with E-state index < -0.39 is 11.9 Å². The lowest BCUT2D eigenvalue weighted by Gasteiger charge is -2.24. The number of carboxylic acid groups (broad SMARTS) is 1. The summed E-state index contributed by atoms with van der Waals surface area (Å²) < 4.78 is 0. The summed E-state index contributed by atoms with van der Waals surface area (Å²) in [6.45, 7) is 3.48. The largest absolute Gasteiger partial charge is 0.481 e. The fourth-order valence-corrected chi connectivity index (χ4v) is 1.64. The summed E-state index contributed by atoms with van der Waals surface area (Å²) in [5.74, 6) is -1.64. The van der Waals surface area contributed by atoms with Crippen molar-refractivity contribution in [1.82, 2.24) is 0 Å². The van der Waals surface area contributed by atoms with E-state index in [1.807, 2.05) is 0 Å². The van der Waals surface area contributed by atoms with Crippen LogP contribution in [0.25, 0.3) is 0 Å². The summed E-state index contributed by atoms with van der Waals surface area (Å²) in [6.07, 6.45) is 0.328. The number of hydrogen-bond donors (Lipinski definition) is 1. The van der Waals surface area contributed by atoms with Gasteiger partial charge in [-0.2, -0.15) is 0 Å². The van der Waals surface area contributed by atoms with E-state index in [4.69, 9.17) is 16.7 Å². The van der Waals surface area contributed by atoms with E-state index in [2.05, 4.69) is 0 Å². The molecule has 98 valence electrons. The molecule has 1 rings (SSSR count). The van der Waals surface area contributed by atoms with Crippen LogP contribution in [0.15, 0.2) is 24.3 Å². The highest BCUT2D eigenvalue weighted by Crippen LogP contribution is 2.20. The molecular formula is C13H16ClNO3. The number of anilines is 1. The number of halogens is 1. The molecule has 0 aliphatic carbocycles. The molecule has 0 aliphatic rings. The van der Waals surface area contributed by atoms with Crippen molar-refractivity contribution in [2.45, 2.75) is 20.3 Å². The number of carbonyl (C=O) groups excluding carboxylic acids is 1. The highest BCUT2D eigenvalue weighted by Gasteiger charge is 2.20. The maximum Gasteiger partial charge on any atom is 0.308 e. The first-order chi connectivity index (χ1) is 8.45. The Hall–Kier alpha value is -1.55. The zero-order valence-corrected chi connectivity index (χ0v) is 11.1. The van der Waals surface area contributed by atoms with Crippen LogP contribution >= 0.6 is 11.6 Å². The van der Waals surface area contributed by atoms with Gasteiger partial charge in [0.15, 0.2) is 0 Å². The average Bonchev–Trinajstić information content (AvgIpc) is 2.35. The van der Waals surface area contributed by atoms with Crippen molar-refractivity contribution in [2.24, 2.45) is 5.92 Å². The molecule has 0 aliphatic heterocycles. The second-order valence-electron chi connectivity index (χ2n) is 4.07. The monoisotopic (exact) mass is 269 g/mol. The number of benzene rings is 1. The van der Waals surface area contributed by atoms with Crippen LogP contribution in [0.3, 0.4) is 0 Å². The third-order valence-corrected chi connectivity index (χ3v) is 2.87. The van der Waals surface area contributed by atoms with E-state index in [9.17, 15) is 9.59 Å². The second-order valence-corrected chi connectivity index (χ2v) is 4.51. The number of carbonyl (C=O) groups is 2. The summed E-state index contributed by atoms with van der Waals surface area (Å²) in [7, 11) is 0. The third-order valence-electron chi connectivity index (χ3n) is 2.62.